The second-order valence-corrected chi connectivity index (χ2v) is 15.3. The summed E-state index contributed by atoms with van der Waals surface area (Å²) >= 11 is 0. The van der Waals surface area contributed by atoms with Gasteiger partial charge in [-0.2, -0.15) is 0 Å². The molecule has 58 heavy (non-hydrogen) atoms. The highest BCUT2D eigenvalue weighted by atomic mass is 16.3. The molecule has 0 aliphatic carbocycles. The van der Waals surface area contributed by atoms with Gasteiger partial charge in [0.15, 0.2) is 0 Å². The molecule has 0 fully saturated rings. The summed E-state index contributed by atoms with van der Waals surface area (Å²) in [5, 5.41) is 9.29. The molecule has 4 nitrogen and oxygen atoms in total. The van der Waals surface area contributed by atoms with Gasteiger partial charge in [-0.15, -0.1) is 0 Å². The van der Waals surface area contributed by atoms with Crippen LogP contribution in [0.5, 0.6) is 0 Å². The highest BCUT2D eigenvalue weighted by Crippen LogP contribution is 2.42. The monoisotopic (exact) mass is 740 g/mol. The fourth-order valence-electron chi connectivity index (χ4n) is 9.42. The van der Waals surface area contributed by atoms with E-state index in [0.717, 1.165) is 82.9 Å². The summed E-state index contributed by atoms with van der Waals surface area (Å²) < 4.78 is 17.8. The number of rotatable bonds is 4. The lowest BCUT2D eigenvalue weighted by Crippen LogP contribution is -1.94. The number of hydrogen-bond acceptors (Lipinski definition) is 2. The van der Waals surface area contributed by atoms with E-state index < -0.39 is 0 Å². The lowest BCUT2D eigenvalue weighted by atomic mass is 10.00. The Morgan fingerprint density at radius 2 is 0.741 bits per heavy atom. The number of benzene rings is 9. The standard InChI is InChI=1S/C54H32N2O2/c1-3-12-33(13-4-1)34-14-11-17-38(26-34)56-48-24-22-35(27-41(48)43-30-45-40-19-8-10-21-51(40)57-53(45)32-50(43)56)36-23-25-52-44(28-36)46-29-42-39-18-7-9-20-47(39)55(37-15-5-2-6-16-37)49(42)31-54(46)58-52/h1-32H. The summed E-state index contributed by atoms with van der Waals surface area (Å²) in [4.78, 5) is 0. The molecule has 270 valence electrons. The molecule has 0 spiro atoms. The van der Waals surface area contributed by atoms with Crippen molar-refractivity contribution in [2.75, 3.05) is 0 Å². The lowest BCUT2D eigenvalue weighted by molar-refractivity contribution is 0.669. The van der Waals surface area contributed by atoms with Crippen LogP contribution < -0.4 is 0 Å². The van der Waals surface area contributed by atoms with Crippen LogP contribution in [0.4, 0.5) is 0 Å². The van der Waals surface area contributed by atoms with E-state index >= 15 is 0 Å². The molecule has 0 aliphatic rings. The third-order valence-electron chi connectivity index (χ3n) is 12.1. The van der Waals surface area contributed by atoms with Crippen LogP contribution in [0.1, 0.15) is 0 Å². The van der Waals surface area contributed by atoms with Crippen molar-refractivity contribution in [3.8, 4) is 33.6 Å². The van der Waals surface area contributed by atoms with Gasteiger partial charge in [0, 0.05) is 66.6 Å². The number of hydrogen-bond donors (Lipinski definition) is 0. The van der Waals surface area contributed by atoms with Gasteiger partial charge in [-0.05, 0) is 95.1 Å². The molecule has 0 saturated heterocycles. The first kappa shape index (κ1) is 31.4. The highest BCUT2D eigenvalue weighted by molar-refractivity contribution is 6.19. The summed E-state index contributed by atoms with van der Waals surface area (Å²) in [6.45, 7) is 0. The summed E-state index contributed by atoms with van der Waals surface area (Å²) in [6.07, 6.45) is 0. The molecule has 4 aromatic heterocycles. The summed E-state index contributed by atoms with van der Waals surface area (Å²) in [7, 11) is 0. The molecular weight excluding hydrogens is 709 g/mol. The van der Waals surface area contributed by atoms with Crippen LogP contribution in [0, 0.1) is 0 Å². The Labute approximate surface area is 332 Å². The Balaban J connectivity index is 1.02. The first-order valence-electron chi connectivity index (χ1n) is 19.7. The van der Waals surface area contributed by atoms with Crippen LogP contribution in [0.15, 0.2) is 203 Å². The van der Waals surface area contributed by atoms with E-state index in [2.05, 4.69) is 197 Å². The maximum Gasteiger partial charge on any atom is 0.137 e. The Morgan fingerprint density at radius 1 is 0.241 bits per heavy atom. The van der Waals surface area contributed by atoms with Crippen LogP contribution in [0.2, 0.25) is 0 Å². The van der Waals surface area contributed by atoms with E-state index in [-0.39, 0.29) is 0 Å². The summed E-state index contributed by atoms with van der Waals surface area (Å²) in [6, 6.07) is 69.6. The second kappa shape index (κ2) is 11.8. The van der Waals surface area contributed by atoms with Crippen LogP contribution in [-0.4, -0.2) is 9.13 Å². The normalized spacial score (nSPS) is 12.1. The number of para-hydroxylation sites is 3. The average Bonchev–Trinajstić information content (AvgIpc) is 4.02. The molecule has 0 saturated carbocycles. The fraction of sp³-hybridized carbons (Fsp3) is 0. The summed E-state index contributed by atoms with van der Waals surface area (Å²) in [5.74, 6) is 0. The Kier molecular flexibility index (Phi) is 6.41. The molecule has 0 N–H and O–H groups in total. The van der Waals surface area contributed by atoms with Crippen molar-refractivity contribution in [1.82, 2.24) is 9.13 Å². The number of furan rings is 2. The second-order valence-electron chi connectivity index (χ2n) is 15.3. The van der Waals surface area contributed by atoms with E-state index in [1.54, 1.807) is 0 Å². The molecule has 13 rings (SSSR count). The van der Waals surface area contributed by atoms with Crippen molar-refractivity contribution in [3.63, 3.8) is 0 Å². The first-order chi connectivity index (χ1) is 28.7. The Morgan fingerprint density at radius 3 is 1.53 bits per heavy atom. The van der Waals surface area contributed by atoms with Crippen LogP contribution in [0.25, 0.3) is 121 Å². The minimum atomic E-state index is 0.882. The van der Waals surface area contributed by atoms with Gasteiger partial charge in [-0.3, -0.25) is 0 Å². The average molecular weight is 741 g/mol. The zero-order valence-electron chi connectivity index (χ0n) is 31.2. The maximum absolute atomic E-state index is 6.60. The zero-order valence-corrected chi connectivity index (χ0v) is 31.2. The third kappa shape index (κ3) is 4.51. The van der Waals surface area contributed by atoms with Gasteiger partial charge in [0.2, 0.25) is 0 Å². The van der Waals surface area contributed by atoms with E-state index in [1.807, 2.05) is 6.07 Å². The summed E-state index contributed by atoms with van der Waals surface area (Å²) in [5.41, 5.74) is 15.0. The molecule has 4 heteroatoms. The molecule has 0 bridgehead atoms. The van der Waals surface area contributed by atoms with Crippen LogP contribution in [0.3, 0.4) is 0 Å². The van der Waals surface area contributed by atoms with E-state index in [1.165, 1.54) is 38.2 Å². The van der Waals surface area contributed by atoms with Crippen molar-refractivity contribution >= 4 is 87.5 Å². The number of nitrogens with zero attached hydrogens (tertiary/aromatic N) is 2. The van der Waals surface area contributed by atoms with Crippen LogP contribution in [-0.2, 0) is 0 Å². The molecule has 13 aromatic rings. The maximum atomic E-state index is 6.60. The minimum Gasteiger partial charge on any atom is -0.456 e. The van der Waals surface area contributed by atoms with Gasteiger partial charge in [0.25, 0.3) is 0 Å². The molecule has 9 aromatic carbocycles. The largest absolute Gasteiger partial charge is 0.456 e. The first-order valence-corrected chi connectivity index (χ1v) is 19.7. The smallest absolute Gasteiger partial charge is 0.137 e. The van der Waals surface area contributed by atoms with Crippen molar-refractivity contribution in [3.05, 3.63) is 194 Å². The predicted octanol–water partition coefficient (Wildman–Crippen LogP) is 15.0. The molecule has 0 radical (unpaired) electrons. The van der Waals surface area contributed by atoms with E-state index in [9.17, 15) is 0 Å². The van der Waals surface area contributed by atoms with Gasteiger partial charge in [0.1, 0.15) is 22.3 Å². The topological polar surface area (TPSA) is 36.1 Å². The SMILES string of the molecule is c1ccc(-c2cccc(-n3c4ccc(-c5ccc6oc7cc8c(cc7c6c5)c5ccccc5n8-c5ccccc5)cc4c4cc5c(cc43)oc3ccccc35)c2)cc1. The molecule has 0 aliphatic heterocycles. The van der Waals surface area contributed by atoms with Crippen molar-refractivity contribution in [1.29, 1.82) is 0 Å². The quantitative estimate of drug-likeness (QED) is 0.180. The molecular formula is C54H32N2O2. The van der Waals surface area contributed by atoms with Crippen LogP contribution >= 0.6 is 0 Å². The molecule has 0 unspecified atom stereocenters. The number of aromatic nitrogens is 2. The van der Waals surface area contributed by atoms with Gasteiger partial charge in [0.05, 0.1) is 22.1 Å². The molecule has 0 atom stereocenters. The van der Waals surface area contributed by atoms with Crippen molar-refractivity contribution in [2.24, 2.45) is 0 Å². The van der Waals surface area contributed by atoms with Gasteiger partial charge >= 0.3 is 0 Å². The van der Waals surface area contributed by atoms with E-state index in [4.69, 9.17) is 8.83 Å². The number of fused-ring (bicyclic) bond motifs is 12. The highest BCUT2D eigenvalue weighted by Gasteiger charge is 2.20. The van der Waals surface area contributed by atoms with Crippen molar-refractivity contribution in [2.45, 2.75) is 0 Å². The van der Waals surface area contributed by atoms with Gasteiger partial charge in [-0.1, -0.05) is 109 Å². The zero-order chi connectivity index (χ0) is 37.9. The van der Waals surface area contributed by atoms with Crippen molar-refractivity contribution < 1.29 is 8.83 Å². The Hall–Kier alpha value is -7.82. The predicted molar refractivity (Wildman–Crippen MR) is 241 cm³/mol. The van der Waals surface area contributed by atoms with E-state index in [0.29, 0.717) is 0 Å². The lowest BCUT2D eigenvalue weighted by Gasteiger charge is -2.11. The Bertz CT molecular complexity index is 3790. The minimum absolute atomic E-state index is 0.882. The molecule has 4 heterocycles. The van der Waals surface area contributed by atoms with Gasteiger partial charge < -0.3 is 18.0 Å². The van der Waals surface area contributed by atoms with Gasteiger partial charge in [-0.25, -0.2) is 0 Å². The fourth-order valence-corrected chi connectivity index (χ4v) is 9.42. The molecule has 0 amide bonds. The third-order valence-corrected chi connectivity index (χ3v) is 12.1.